The average molecular weight is 517 g/mol. The van der Waals surface area contributed by atoms with E-state index >= 15 is 0 Å². The van der Waals surface area contributed by atoms with Crippen molar-refractivity contribution in [1.82, 2.24) is 20.1 Å². The van der Waals surface area contributed by atoms with Gasteiger partial charge in [0.05, 0.1) is 18.6 Å². The second-order valence-corrected chi connectivity index (χ2v) is 11.9. The van der Waals surface area contributed by atoms with Crippen LogP contribution < -0.4 is 20.3 Å². The molecule has 0 unspecified atom stereocenters. The maximum absolute atomic E-state index is 13.6. The smallest absolute Gasteiger partial charge is 0.263 e. The Balaban J connectivity index is 1.37. The van der Waals surface area contributed by atoms with Gasteiger partial charge in [-0.05, 0) is 49.4 Å². The van der Waals surface area contributed by atoms with Crippen molar-refractivity contribution in [3.8, 4) is 11.6 Å². The molecule has 1 aromatic carbocycles. The predicted octanol–water partition coefficient (Wildman–Crippen LogP) is 1.89. The number of nitrogens with zero attached hydrogens (tertiary/aromatic N) is 3. The zero-order chi connectivity index (χ0) is 25.7. The summed E-state index contributed by atoms with van der Waals surface area (Å²) in [7, 11) is -0.448. The number of aromatic nitrogens is 3. The Morgan fingerprint density at radius 3 is 2.69 bits per heavy atom. The van der Waals surface area contributed by atoms with Crippen LogP contribution in [0.3, 0.4) is 0 Å². The number of hydrogen-bond donors (Lipinski definition) is 1. The van der Waals surface area contributed by atoms with Gasteiger partial charge in [0, 0.05) is 19.0 Å². The second kappa shape index (κ2) is 8.84. The van der Waals surface area contributed by atoms with Crippen LogP contribution in [0.1, 0.15) is 41.6 Å². The summed E-state index contributed by atoms with van der Waals surface area (Å²) in [6, 6.07) is 5.60. The summed E-state index contributed by atoms with van der Waals surface area (Å²) in [4.78, 5) is 25.9. The number of carbonyl (C=O) groups is 1. The molecular formula is C24H25FN4O6S. The van der Waals surface area contributed by atoms with Gasteiger partial charge in [0.15, 0.2) is 21.4 Å². The highest BCUT2D eigenvalue weighted by atomic mass is 32.2. The molecule has 3 aromatic rings. The van der Waals surface area contributed by atoms with Gasteiger partial charge in [-0.3, -0.25) is 9.59 Å². The first-order valence-corrected chi connectivity index (χ1v) is 13.0. The fourth-order valence-electron chi connectivity index (χ4n) is 4.25. The molecule has 190 valence electrons. The predicted molar refractivity (Wildman–Crippen MR) is 128 cm³/mol. The molecule has 0 aliphatic heterocycles. The maximum Gasteiger partial charge on any atom is 0.263 e. The lowest BCUT2D eigenvalue weighted by atomic mass is 10.1. The van der Waals surface area contributed by atoms with Crippen LogP contribution in [-0.2, 0) is 23.4 Å². The summed E-state index contributed by atoms with van der Waals surface area (Å²) in [5.74, 6) is -1.05. The summed E-state index contributed by atoms with van der Waals surface area (Å²) in [5, 5.41) is 10.7. The van der Waals surface area contributed by atoms with E-state index in [1.807, 2.05) is 0 Å². The Kier molecular flexibility index (Phi) is 5.93. The average Bonchev–Trinajstić information content (AvgIpc) is 3.78. The molecule has 5 rings (SSSR count). The summed E-state index contributed by atoms with van der Waals surface area (Å²) in [5.41, 5.74) is 0.208. The molecule has 12 heteroatoms. The number of aryl methyl sites for hydroxylation is 1. The van der Waals surface area contributed by atoms with Gasteiger partial charge in [-0.1, -0.05) is 6.07 Å². The van der Waals surface area contributed by atoms with Crippen molar-refractivity contribution >= 4 is 26.6 Å². The van der Waals surface area contributed by atoms with Gasteiger partial charge >= 0.3 is 0 Å². The minimum absolute atomic E-state index is 0.0368. The van der Waals surface area contributed by atoms with Crippen molar-refractivity contribution in [2.45, 2.75) is 42.2 Å². The molecular weight excluding hydrogens is 491 g/mol. The number of rotatable bonds is 9. The second-order valence-electron chi connectivity index (χ2n) is 9.24. The lowest BCUT2D eigenvalue weighted by Crippen LogP contribution is -2.34. The molecule has 2 aromatic heterocycles. The van der Waals surface area contributed by atoms with Crippen LogP contribution >= 0.6 is 0 Å². The van der Waals surface area contributed by atoms with Crippen LogP contribution in [0.2, 0.25) is 0 Å². The van der Waals surface area contributed by atoms with Gasteiger partial charge in [-0.25, -0.2) is 12.8 Å². The molecule has 2 aliphatic rings. The highest BCUT2D eigenvalue weighted by Gasteiger charge is 2.60. The van der Waals surface area contributed by atoms with Gasteiger partial charge in [0.25, 0.3) is 17.3 Å². The molecule has 2 saturated carbocycles. The van der Waals surface area contributed by atoms with Crippen LogP contribution in [0.5, 0.6) is 11.6 Å². The van der Waals surface area contributed by atoms with Crippen LogP contribution in [-0.4, -0.2) is 52.8 Å². The number of ether oxygens (including phenoxy) is 2. The minimum Gasteiger partial charge on any atom is -0.494 e. The highest BCUT2D eigenvalue weighted by molar-refractivity contribution is 7.94. The van der Waals surface area contributed by atoms with Crippen molar-refractivity contribution in [1.29, 1.82) is 0 Å². The van der Waals surface area contributed by atoms with Gasteiger partial charge in [0.2, 0.25) is 0 Å². The minimum atomic E-state index is -3.27. The molecule has 0 bridgehead atoms. The van der Waals surface area contributed by atoms with Crippen LogP contribution in [0.15, 0.2) is 35.3 Å². The number of nitrogens with one attached hydrogen (secondary N) is 1. The van der Waals surface area contributed by atoms with E-state index in [-0.39, 0.29) is 35.6 Å². The molecule has 10 nitrogen and oxygen atoms in total. The number of benzene rings is 1. The monoisotopic (exact) mass is 516 g/mol. The standard InChI is InChI=1S/C24H25FN4O6S/c1-29-20-15(12-27-28-22(20)35-13-24(7-8-24)36(32,33)16-4-5-16)10-17(23(29)31)21(30)26-11-14-3-6-18(25)19(9-14)34-2/h3,6,9-10,12,16H,4-5,7-8,11,13H2,1-2H3,(H,26,30). The Hall–Kier alpha value is -3.54. The van der Waals surface area contributed by atoms with Gasteiger partial charge in [-0.15, -0.1) is 5.10 Å². The van der Waals surface area contributed by atoms with Gasteiger partial charge < -0.3 is 19.4 Å². The van der Waals surface area contributed by atoms with E-state index in [0.717, 1.165) is 0 Å². The topological polar surface area (TPSA) is 129 Å². The summed E-state index contributed by atoms with van der Waals surface area (Å²) in [6.07, 6.45) is 3.84. The number of methoxy groups -OCH3 is 1. The van der Waals surface area contributed by atoms with E-state index in [9.17, 15) is 22.4 Å². The number of halogens is 1. The van der Waals surface area contributed by atoms with Crippen molar-refractivity contribution in [2.75, 3.05) is 13.7 Å². The normalized spacial score (nSPS) is 16.5. The first-order chi connectivity index (χ1) is 17.2. The first kappa shape index (κ1) is 24.2. The maximum atomic E-state index is 13.6. The third kappa shape index (κ3) is 4.19. The number of carbonyl (C=O) groups excluding carboxylic acids is 1. The molecule has 0 spiro atoms. The Bertz CT molecular complexity index is 1530. The van der Waals surface area contributed by atoms with Crippen LogP contribution in [0, 0.1) is 5.82 Å². The number of hydrogen-bond acceptors (Lipinski definition) is 8. The van der Waals surface area contributed by atoms with E-state index < -0.39 is 31.9 Å². The molecule has 2 aliphatic carbocycles. The van der Waals surface area contributed by atoms with E-state index in [2.05, 4.69) is 15.5 Å². The molecule has 0 atom stereocenters. The number of amides is 1. The molecule has 0 saturated heterocycles. The van der Waals surface area contributed by atoms with E-state index in [4.69, 9.17) is 9.47 Å². The highest BCUT2D eigenvalue weighted by Crippen LogP contribution is 2.50. The van der Waals surface area contributed by atoms with Crippen LogP contribution in [0.4, 0.5) is 4.39 Å². The SMILES string of the molecule is COc1cc(CNC(=O)c2cc3cnnc(OCC4(S(=O)(=O)C5CC5)CC4)c3n(C)c2=O)ccc1F. The molecule has 2 fully saturated rings. The summed E-state index contributed by atoms with van der Waals surface area (Å²) < 4.78 is 50.3. The first-order valence-electron chi connectivity index (χ1n) is 11.5. The van der Waals surface area contributed by atoms with Crippen molar-refractivity contribution in [3.63, 3.8) is 0 Å². The molecule has 0 radical (unpaired) electrons. The lowest BCUT2D eigenvalue weighted by Gasteiger charge is -2.17. The zero-order valence-electron chi connectivity index (χ0n) is 19.8. The number of pyridine rings is 1. The third-order valence-electron chi connectivity index (χ3n) is 6.75. The van der Waals surface area contributed by atoms with Gasteiger partial charge in [0.1, 0.15) is 22.4 Å². The zero-order valence-corrected chi connectivity index (χ0v) is 20.6. The van der Waals surface area contributed by atoms with E-state index in [1.54, 1.807) is 0 Å². The van der Waals surface area contributed by atoms with Crippen molar-refractivity contribution in [2.24, 2.45) is 7.05 Å². The molecule has 36 heavy (non-hydrogen) atoms. The lowest BCUT2D eigenvalue weighted by molar-refractivity contribution is 0.0949. The van der Waals surface area contributed by atoms with Crippen LogP contribution in [0.25, 0.3) is 10.9 Å². The Morgan fingerprint density at radius 1 is 1.28 bits per heavy atom. The molecule has 2 heterocycles. The molecule has 1 amide bonds. The molecule has 1 N–H and O–H groups in total. The Morgan fingerprint density at radius 2 is 2.03 bits per heavy atom. The largest absolute Gasteiger partial charge is 0.494 e. The fourth-order valence-corrected chi connectivity index (χ4v) is 6.61. The summed E-state index contributed by atoms with van der Waals surface area (Å²) >= 11 is 0. The van der Waals surface area contributed by atoms with E-state index in [0.29, 0.717) is 42.1 Å². The number of fused-ring (bicyclic) bond motifs is 1. The van der Waals surface area contributed by atoms with E-state index in [1.165, 1.54) is 49.2 Å². The summed E-state index contributed by atoms with van der Waals surface area (Å²) in [6.45, 7) is -0.00560. The fraction of sp³-hybridized carbons (Fsp3) is 0.417. The van der Waals surface area contributed by atoms with Crippen molar-refractivity contribution < 1.29 is 27.1 Å². The van der Waals surface area contributed by atoms with Crippen molar-refractivity contribution in [3.05, 3.63) is 57.8 Å². The quantitative estimate of drug-likeness (QED) is 0.457. The number of sulfone groups is 1. The Labute approximate surface area is 206 Å². The van der Waals surface area contributed by atoms with Gasteiger partial charge in [-0.2, -0.15) is 5.10 Å². The third-order valence-corrected chi connectivity index (χ3v) is 9.83.